The fourth-order valence-corrected chi connectivity index (χ4v) is 5.45. The van der Waals surface area contributed by atoms with Crippen molar-refractivity contribution in [1.29, 1.82) is 0 Å². The highest BCUT2D eigenvalue weighted by molar-refractivity contribution is 6.15. The zero-order valence-electron chi connectivity index (χ0n) is 20.4. The van der Waals surface area contributed by atoms with Gasteiger partial charge in [0.15, 0.2) is 5.78 Å². The Morgan fingerprint density at radius 2 is 1.91 bits per heavy atom. The van der Waals surface area contributed by atoms with Crippen LogP contribution in [0.1, 0.15) is 60.5 Å². The highest BCUT2D eigenvalue weighted by atomic mass is 16.5. The number of benzene rings is 2. The molecule has 1 atom stereocenters. The second-order valence-electron chi connectivity index (χ2n) is 9.57. The van der Waals surface area contributed by atoms with Gasteiger partial charge in [-0.25, -0.2) is 0 Å². The van der Waals surface area contributed by atoms with Crippen molar-refractivity contribution in [3.8, 4) is 5.75 Å². The Morgan fingerprint density at radius 3 is 2.62 bits per heavy atom. The molecule has 0 amide bonds. The van der Waals surface area contributed by atoms with Crippen LogP contribution in [0.2, 0.25) is 0 Å². The van der Waals surface area contributed by atoms with Gasteiger partial charge in [0.2, 0.25) is 0 Å². The summed E-state index contributed by atoms with van der Waals surface area (Å²) in [5.41, 5.74) is 2.41. The third-order valence-electron chi connectivity index (χ3n) is 7.50. The third kappa shape index (κ3) is 4.83. The molecule has 34 heavy (non-hydrogen) atoms. The van der Waals surface area contributed by atoms with Gasteiger partial charge in [0.1, 0.15) is 11.2 Å². The molecule has 2 aromatic carbocycles. The first-order valence-corrected chi connectivity index (χ1v) is 12.5. The van der Waals surface area contributed by atoms with Crippen molar-refractivity contribution in [3.05, 3.63) is 59.2 Å². The monoisotopic (exact) mass is 464 g/mol. The van der Waals surface area contributed by atoms with E-state index in [1.807, 2.05) is 30.3 Å². The van der Waals surface area contributed by atoms with Crippen LogP contribution in [-0.2, 0) is 17.8 Å². The molecule has 6 nitrogen and oxygen atoms in total. The zero-order chi connectivity index (χ0) is 24.1. The van der Waals surface area contributed by atoms with E-state index in [4.69, 9.17) is 4.74 Å². The summed E-state index contributed by atoms with van der Waals surface area (Å²) in [5.74, 6) is -0.324. The van der Waals surface area contributed by atoms with Crippen LogP contribution in [0.5, 0.6) is 5.75 Å². The molecule has 1 aliphatic carbocycles. The SMILES string of the molecule is CCN(CCCCC1(C(=O)O)Cc2cc(N3CCCC3)ccc2C1=O)Cc1ccccc1OC. The van der Waals surface area contributed by atoms with E-state index in [-0.39, 0.29) is 5.78 Å². The first-order chi connectivity index (χ1) is 16.5. The quantitative estimate of drug-likeness (QED) is 0.381. The van der Waals surface area contributed by atoms with E-state index in [1.165, 1.54) is 12.8 Å². The molecule has 0 radical (unpaired) electrons. The summed E-state index contributed by atoms with van der Waals surface area (Å²) in [6.45, 7) is 6.72. The summed E-state index contributed by atoms with van der Waals surface area (Å²) in [5, 5.41) is 10.1. The number of Topliss-reactive ketones (excluding diaryl/α,β-unsaturated/α-hetero) is 1. The van der Waals surface area contributed by atoms with Crippen molar-refractivity contribution in [3.63, 3.8) is 0 Å². The van der Waals surface area contributed by atoms with E-state index in [9.17, 15) is 14.7 Å². The van der Waals surface area contributed by atoms with Crippen molar-refractivity contribution >= 4 is 17.4 Å². The van der Waals surface area contributed by atoms with Crippen LogP contribution in [0.4, 0.5) is 5.69 Å². The predicted molar refractivity (Wildman–Crippen MR) is 134 cm³/mol. The molecule has 2 aliphatic rings. The predicted octanol–water partition coefficient (Wildman–Crippen LogP) is 4.80. The number of methoxy groups -OCH3 is 1. The average Bonchev–Trinajstić information content (AvgIpc) is 3.48. The summed E-state index contributed by atoms with van der Waals surface area (Å²) in [7, 11) is 1.69. The first-order valence-electron chi connectivity index (χ1n) is 12.5. The van der Waals surface area contributed by atoms with Crippen molar-refractivity contribution < 1.29 is 19.4 Å². The van der Waals surface area contributed by atoms with Gasteiger partial charge >= 0.3 is 5.97 Å². The number of ether oxygens (including phenoxy) is 1. The second kappa shape index (κ2) is 10.6. The van der Waals surface area contributed by atoms with E-state index in [0.29, 0.717) is 24.8 Å². The number of carboxylic acids is 1. The van der Waals surface area contributed by atoms with Gasteiger partial charge in [-0.1, -0.05) is 31.5 Å². The Bertz CT molecular complexity index is 1030. The summed E-state index contributed by atoms with van der Waals surface area (Å²) >= 11 is 0. The van der Waals surface area contributed by atoms with Gasteiger partial charge in [0, 0.05) is 36.4 Å². The Kier molecular flexibility index (Phi) is 7.57. The van der Waals surface area contributed by atoms with Crippen molar-refractivity contribution in [2.75, 3.05) is 38.2 Å². The van der Waals surface area contributed by atoms with E-state index in [1.54, 1.807) is 7.11 Å². The van der Waals surface area contributed by atoms with Gasteiger partial charge in [-0.15, -0.1) is 0 Å². The molecule has 1 heterocycles. The molecule has 182 valence electrons. The van der Waals surface area contributed by atoms with Crippen LogP contribution in [0.25, 0.3) is 0 Å². The van der Waals surface area contributed by atoms with Crippen molar-refractivity contribution in [2.24, 2.45) is 5.41 Å². The number of ketones is 1. The van der Waals surface area contributed by atoms with Crippen LogP contribution in [0.15, 0.2) is 42.5 Å². The number of hydrogen-bond donors (Lipinski definition) is 1. The summed E-state index contributed by atoms with van der Waals surface area (Å²) in [6, 6.07) is 13.9. The minimum Gasteiger partial charge on any atom is -0.496 e. The highest BCUT2D eigenvalue weighted by Gasteiger charge is 2.51. The molecule has 0 bridgehead atoms. The van der Waals surface area contributed by atoms with Gasteiger partial charge in [-0.05, 0) is 75.0 Å². The number of unbranched alkanes of at least 4 members (excludes halogenated alkanes) is 1. The standard InChI is InChI=1S/C28H36N2O4/c1-3-29(20-21-10-4-5-11-25(21)34-2)15-7-6-14-28(27(32)33)19-22-18-23(30-16-8-9-17-30)12-13-24(22)26(28)31/h4-5,10-13,18H,3,6-9,14-17,19-20H2,1-2H3,(H,32,33). The van der Waals surface area contributed by atoms with Gasteiger partial charge < -0.3 is 14.7 Å². The molecular weight excluding hydrogens is 428 g/mol. The lowest BCUT2D eigenvalue weighted by Gasteiger charge is -2.24. The Morgan fingerprint density at radius 1 is 1.15 bits per heavy atom. The number of carbonyl (C=O) groups is 2. The molecule has 0 spiro atoms. The number of fused-ring (bicyclic) bond motifs is 1. The maximum Gasteiger partial charge on any atom is 0.317 e. The number of anilines is 1. The molecule has 1 aliphatic heterocycles. The molecule has 0 saturated carbocycles. The van der Waals surface area contributed by atoms with E-state index in [0.717, 1.165) is 61.7 Å². The largest absolute Gasteiger partial charge is 0.496 e. The van der Waals surface area contributed by atoms with Gasteiger partial charge in [-0.2, -0.15) is 0 Å². The fraction of sp³-hybridized carbons (Fsp3) is 0.500. The number of aliphatic carboxylic acids is 1. The number of nitrogens with zero attached hydrogens (tertiary/aromatic N) is 2. The van der Waals surface area contributed by atoms with Gasteiger partial charge in [-0.3, -0.25) is 14.5 Å². The molecule has 0 aromatic heterocycles. The maximum atomic E-state index is 13.3. The number of para-hydroxylation sites is 1. The van der Waals surface area contributed by atoms with E-state index < -0.39 is 11.4 Å². The van der Waals surface area contributed by atoms with E-state index >= 15 is 0 Å². The number of hydrogen-bond acceptors (Lipinski definition) is 5. The minimum absolute atomic E-state index is 0.218. The molecular formula is C28H36N2O4. The molecule has 2 aromatic rings. The molecule has 1 fully saturated rings. The fourth-order valence-electron chi connectivity index (χ4n) is 5.45. The van der Waals surface area contributed by atoms with Gasteiger partial charge in [0.25, 0.3) is 0 Å². The molecule has 1 saturated heterocycles. The zero-order valence-corrected chi connectivity index (χ0v) is 20.4. The Labute approximate surface area is 202 Å². The van der Waals surface area contributed by atoms with Crippen molar-refractivity contribution in [2.45, 2.75) is 52.0 Å². The van der Waals surface area contributed by atoms with Crippen LogP contribution in [0.3, 0.4) is 0 Å². The maximum absolute atomic E-state index is 13.3. The van der Waals surface area contributed by atoms with Crippen LogP contribution < -0.4 is 9.64 Å². The normalized spacial score (nSPS) is 19.6. The summed E-state index contributed by atoms with van der Waals surface area (Å²) in [4.78, 5) is 30.3. The van der Waals surface area contributed by atoms with Crippen molar-refractivity contribution in [1.82, 2.24) is 4.90 Å². The second-order valence-corrected chi connectivity index (χ2v) is 9.57. The van der Waals surface area contributed by atoms with Crippen LogP contribution in [-0.4, -0.2) is 55.0 Å². The lowest BCUT2D eigenvalue weighted by molar-refractivity contribution is -0.146. The molecule has 6 heteroatoms. The Hall–Kier alpha value is -2.86. The van der Waals surface area contributed by atoms with Crippen LogP contribution >= 0.6 is 0 Å². The molecule has 4 rings (SSSR count). The number of rotatable bonds is 11. The van der Waals surface area contributed by atoms with Crippen LogP contribution in [0, 0.1) is 5.41 Å². The summed E-state index contributed by atoms with van der Waals surface area (Å²) in [6.07, 6.45) is 4.59. The number of carboxylic acid groups (broad SMARTS) is 1. The first kappa shape index (κ1) is 24.3. The molecule has 1 unspecified atom stereocenters. The van der Waals surface area contributed by atoms with Gasteiger partial charge in [0.05, 0.1) is 7.11 Å². The summed E-state index contributed by atoms with van der Waals surface area (Å²) < 4.78 is 5.47. The lowest BCUT2D eigenvalue weighted by atomic mass is 9.79. The minimum atomic E-state index is -1.33. The number of carbonyl (C=O) groups excluding carboxylic acids is 1. The lowest BCUT2D eigenvalue weighted by Crippen LogP contribution is -2.37. The molecule has 1 N–H and O–H groups in total. The highest BCUT2D eigenvalue weighted by Crippen LogP contribution is 2.42. The topological polar surface area (TPSA) is 70.1 Å². The Balaban J connectivity index is 1.38. The van der Waals surface area contributed by atoms with E-state index in [2.05, 4.69) is 28.9 Å². The smallest absolute Gasteiger partial charge is 0.317 e. The third-order valence-corrected chi connectivity index (χ3v) is 7.50. The average molecular weight is 465 g/mol.